The molecule has 0 aliphatic rings. The van der Waals surface area contributed by atoms with Gasteiger partial charge in [-0.2, -0.15) is 0 Å². The Labute approximate surface area is 129 Å². The van der Waals surface area contributed by atoms with Crippen molar-refractivity contribution < 1.29 is 4.42 Å². The Bertz CT molecular complexity index is 723. The number of halogens is 2. The largest absolute Gasteiger partial charge is 0.464 e. The van der Waals surface area contributed by atoms with E-state index in [4.69, 9.17) is 16.0 Å². The molecule has 1 N–H and O–H groups in total. The first-order valence-electron chi connectivity index (χ1n) is 5.88. The predicted octanol–water partition coefficient (Wildman–Crippen LogP) is 5.30. The molecule has 0 unspecified atom stereocenters. The Balaban J connectivity index is 1.82. The molecular weight excluding hydrogens is 373 g/mol. The Morgan fingerprint density at radius 1 is 1.16 bits per heavy atom. The van der Waals surface area contributed by atoms with E-state index in [0.717, 1.165) is 30.8 Å². The van der Waals surface area contributed by atoms with E-state index in [1.165, 1.54) is 0 Å². The van der Waals surface area contributed by atoms with Crippen LogP contribution < -0.4 is 5.32 Å². The number of hydrogen-bond donors (Lipinski definition) is 1. The number of anilines is 1. The molecule has 0 radical (unpaired) electrons. The van der Waals surface area contributed by atoms with Crippen LogP contribution in [0.4, 0.5) is 5.69 Å². The maximum atomic E-state index is 6.20. The molecule has 1 aromatic heterocycles. The second-order valence-corrected chi connectivity index (χ2v) is 5.89. The number of nitrogens with one attached hydrogen (secondary N) is 1. The highest BCUT2D eigenvalue weighted by Gasteiger charge is 2.06. The van der Waals surface area contributed by atoms with E-state index in [2.05, 4.69) is 34.0 Å². The summed E-state index contributed by atoms with van der Waals surface area (Å²) < 4.78 is 6.64. The fourth-order valence-corrected chi connectivity index (χ4v) is 2.92. The van der Waals surface area contributed by atoms with Crippen LogP contribution in [0.5, 0.6) is 0 Å². The summed E-state index contributed by atoms with van der Waals surface area (Å²) in [6.45, 7) is 0.692. The Morgan fingerprint density at radius 3 is 2.84 bits per heavy atom. The third kappa shape index (κ3) is 2.72. The van der Waals surface area contributed by atoms with Gasteiger partial charge in [0.15, 0.2) is 0 Å². The monoisotopic (exact) mass is 383 g/mol. The molecule has 4 heteroatoms. The van der Waals surface area contributed by atoms with Crippen molar-refractivity contribution in [1.29, 1.82) is 0 Å². The molecule has 0 spiro atoms. The number of fused-ring (bicyclic) bond motifs is 1. The van der Waals surface area contributed by atoms with E-state index >= 15 is 0 Å². The molecule has 0 aliphatic heterocycles. The van der Waals surface area contributed by atoms with E-state index in [0.29, 0.717) is 6.54 Å². The molecule has 0 saturated heterocycles. The standard InChI is InChI=1S/C15H11ClINO/c16-13-7-11(17)5-6-14(13)18-8-10-9-19-15-4-2-1-3-12(10)15/h1-7,9,18H,8H2. The SMILES string of the molecule is Clc1cc(I)ccc1NCc1coc2ccccc12. The highest BCUT2D eigenvalue weighted by Crippen LogP contribution is 2.26. The lowest BCUT2D eigenvalue weighted by molar-refractivity contribution is 0.611. The third-order valence-electron chi connectivity index (χ3n) is 2.96. The highest BCUT2D eigenvalue weighted by molar-refractivity contribution is 14.1. The van der Waals surface area contributed by atoms with Crippen LogP contribution >= 0.6 is 34.2 Å². The number of para-hydroxylation sites is 1. The van der Waals surface area contributed by atoms with Crippen LogP contribution in [0.3, 0.4) is 0 Å². The maximum absolute atomic E-state index is 6.20. The van der Waals surface area contributed by atoms with Gasteiger partial charge in [0.25, 0.3) is 0 Å². The zero-order valence-electron chi connectivity index (χ0n) is 9.99. The van der Waals surface area contributed by atoms with Gasteiger partial charge in [0, 0.05) is 21.1 Å². The van der Waals surface area contributed by atoms with Crippen LogP contribution in [0.15, 0.2) is 53.1 Å². The highest BCUT2D eigenvalue weighted by atomic mass is 127. The first-order chi connectivity index (χ1) is 9.24. The van der Waals surface area contributed by atoms with Gasteiger partial charge < -0.3 is 9.73 Å². The Hall–Kier alpha value is -1.20. The lowest BCUT2D eigenvalue weighted by Gasteiger charge is -2.07. The molecule has 19 heavy (non-hydrogen) atoms. The van der Waals surface area contributed by atoms with Gasteiger partial charge in [0.2, 0.25) is 0 Å². The normalized spacial score (nSPS) is 10.8. The third-order valence-corrected chi connectivity index (χ3v) is 3.95. The van der Waals surface area contributed by atoms with Crippen molar-refractivity contribution in [2.45, 2.75) is 6.54 Å². The topological polar surface area (TPSA) is 25.2 Å². The van der Waals surface area contributed by atoms with Crippen molar-refractivity contribution in [2.24, 2.45) is 0 Å². The summed E-state index contributed by atoms with van der Waals surface area (Å²) in [4.78, 5) is 0. The van der Waals surface area contributed by atoms with Crippen LogP contribution in [-0.2, 0) is 6.54 Å². The first kappa shape index (κ1) is 12.8. The smallest absolute Gasteiger partial charge is 0.134 e. The molecule has 3 aromatic rings. The number of benzene rings is 2. The van der Waals surface area contributed by atoms with Crippen LogP contribution in [0.25, 0.3) is 11.0 Å². The second-order valence-electron chi connectivity index (χ2n) is 4.23. The number of hydrogen-bond acceptors (Lipinski definition) is 2. The molecule has 0 bridgehead atoms. The van der Waals surface area contributed by atoms with Gasteiger partial charge in [0.05, 0.1) is 17.0 Å². The summed E-state index contributed by atoms with van der Waals surface area (Å²) in [5, 5.41) is 5.21. The molecule has 2 nitrogen and oxygen atoms in total. The molecule has 0 aliphatic carbocycles. The van der Waals surface area contributed by atoms with Crippen molar-refractivity contribution in [3.63, 3.8) is 0 Å². The van der Waals surface area contributed by atoms with Gasteiger partial charge in [0.1, 0.15) is 5.58 Å². The average Bonchev–Trinajstić information content (AvgIpc) is 2.81. The van der Waals surface area contributed by atoms with Crippen LogP contribution in [-0.4, -0.2) is 0 Å². The van der Waals surface area contributed by atoms with Crippen molar-refractivity contribution >= 4 is 50.8 Å². The van der Waals surface area contributed by atoms with Crippen LogP contribution in [0.2, 0.25) is 5.02 Å². The number of rotatable bonds is 3. The average molecular weight is 384 g/mol. The van der Waals surface area contributed by atoms with E-state index in [-0.39, 0.29) is 0 Å². The Morgan fingerprint density at radius 2 is 2.00 bits per heavy atom. The summed E-state index contributed by atoms with van der Waals surface area (Å²) >= 11 is 8.44. The van der Waals surface area contributed by atoms with Gasteiger partial charge in [-0.05, 0) is 46.9 Å². The van der Waals surface area contributed by atoms with E-state index in [9.17, 15) is 0 Å². The van der Waals surface area contributed by atoms with Crippen molar-refractivity contribution in [2.75, 3.05) is 5.32 Å². The lowest BCUT2D eigenvalue weighted by atomic mass is 10.2. The summed E-state index contributed by atoms with van der Waals surface area (Å²) in [5.41, 5.74) is 2.98. The molecule has 3 rings (SSSR count). The van der Waals surface area contributed by atoms with Crippen molar-refractivity contribution in [3.05, 3.63) is 62.9 Å². The molecule has 0 atom stereocenters. The summed E-state index contributed by atoms with van der Waals surface area (Å²) in [6, 6.07) is 14.0. The molecule has 0 saturated carbocycles. The minimum absolute atomic E-state index is 0.692. The molecule has 0 amide bonds. The Kier molecular flexibility index (Phi) is 3.66. The summed E-state index contributed by atoms with van der Waals surface area (Å²) in [7, 11) is 0. The lowest BCUT2D eigenvalue weighted by Crippen LogP contribution is -1.99. The van der Waals surface area contributed by atoms with Gasteiger partial charge >= 0.3 is 0 Å². The van der Waals surface area contributed by atoms with Crippen LogP contribution in [0.1, 0.15) is 5.56 Å². The molecule has 2 aromatic carbocycles. The van der Waals surface area contributed by atoms with Crippen LogP contribution in [0, 0.1) is 3.57 Å². The molecule has 1 heterocycles. The van der Waals surface area contributed by atoms with Crippen molar-refractivity contribution in [3.8, 4) is 0 Å². The fraction of sp³-hybridized carbons (Fsp3) is 0.0667. The van der Waals surface area contributed by atoms with Gasteiger partial charge in [-0.25, -0.2) is 0 Å². The van der Waals surface area contributed by atoms with Gasteiger partial charge in [-0.3, -0.25) is 0 Å². The van der Waals surface area contributed by atoms with Gasteiger partial charge in [-0.15, -0.1) is 0 Å². The summed E-state index contributed by atoms with van der Waals surface area (Å²) in [5.74, 6) is 0. The molecule has 96 valence electrons. The van der Waals surface area contributed by atoms with E-state index in [1.54, 1.807) is 6.26 Å². The summed E-state index contributed by atoms with van der Waals surface area (Å²) in [6.07, 6.45) is 1.79. The zero-order valence-corrected chi connectivity index (χ0v) is 12.9. The first-order valence-corrected chi connectivity index (χ1v) is 7.34. The maximum Gasteiger partial charge on any atom is 0.134 e. The number of furan rings is 1. The minimum atomic E-state index is 0.692. The quantitative estimate of drug-likeness (QED) is 0.621. The minimum Gasteiger partial charge on any atom is -0.464 e. The second kappa shape index (κ2) is 5.43. The predicted molar refractivity (Wildman–Crippen MR) is 87.7 cm³/mol. The van der Waals surface area contributed by atoms with Crippen molar-refractivity contribution in [1.82, 2.24) is 0 Å². The van der Waals surface area contributed by atoms with E-state index in [1.807, 2.05) is 36.4 Å². The van der Waals surface area contributed by atoms with E-state index < -0.39 is 0 Å². The van der Waals surface area contributed by atoms with Gasteiger partial charge in [-0.1, -0.05) is 29.8 Å². The fourth-order valence-electron chi connectivity index (χ4n) is 1.99. The molecule has 0 fully saturated rings. The zero-order chi connectivity index (χ0) is 13.2. The molecular formula is C15H11ClINO.